The third-order valence-corrected chi connectivity index (χ3v) is 5.22. The Bertz CT molecular complexity index is 566. The number of carbonyl (C=O) groups is 1. The average molecular weight is 334 g/mol. The number of hydrogen-bond donors (Lipinski definition) is 1. The summed E-state index contributed by atoms with van der Waals surface area (Å²) < 4.78 is 16.0. The molecule has 24 heavy (non-hydrogen) atoms. The summed E-state index contributed by atoms with van der Waals surface area (Å²) in [5.41, 5.74) is 0.578. The van der Waals surface area contributed by atoms with Crippen molar-refractivity contribution in [2.24, 2.45) is 11.8 Å². The number of ether oxygens (including phenoxy) is 3. The van der Waals surface area contributed by atoms with Crippen LogP contribution in [0.3, 0.4) is 0 Å². The number of amides is 1. The molecule has 2 atom stereocenters. The van der Waals surface area contributed by atoms with Crippen LogP contribution in [-0.4, -0.2) is 58.3 Å². The number of likely N-dealkylation sites (tertiary alicyclic amines) is 1. The number of carbonyl (C=O) groups excluding carboxylic acids is 1. The third kappa shape index (κ3) is 3.15. The first kappa shape index (κ1) is 16.9. The Morgan fingerprint density at radius 3 is 2.00 bits per heavy atom. The second-order valence-electron chi connectivity index (χ2n) is 6.46. The van der Waals surface area contributed by atoms with Gasteiger partial charge in [-0.1, -0.05) is 0 Å². The lowest BCUT2D eigenvalue weighted by atomic mass is 9.92. The molecule has 1 aromatic rings. The van der Waals surface area contributed by atoms with Crippen molar-refractivity contribution in [3.8, 4) is 17.2 Å². The zero-order valence-electron chi connectivity index (χ0n) is 14.6. The van der Waals surface area contributed by atoms with Gasteiger partial charge in [-0.15, -0.1) is 0 Å². The Labute approximate surface area is 143 Å². The van der Waals surface area contributed by atoms with Crippen molar-refractivity contribution in [1.82, 2.24) is 10.2 Å². The van der Waals surface area contributed by atoms with Crippen LogP contribution in [-0.2, 0) is 0 Å². The minimum absolute atomic E-state index is 0.0298. The topological polar surface area (TPSA) is 60.0 Å². The fourth-order valence-electron chi connectivity index (χ4n) is 3.81. The summed E-state index contributed by atoms with van der Waals surface area (Å²) in [7, 11) is 4.68. The van der Waals surface area contributed by atoms with E-state index in [4.69, 9.17) is 14.2 Å². The van der Waals surface area contributed by atoms with Gasteiger partial charge in [0.15, 0.2) is 11.5 Å². The minimum Gasteiger partial charge on any atom is -0.493 e. The van der Waals surface area contributed by atoms with Crippen molar-refractivity contribution in [1.29, 1.82) is 0 Å². The molecule has 2 heterocycles. The van der Waals surface area contributed by atoms with E-state index in [0.29, 0.717) is 34.6 Å². The number of fused-ring (bicyclic) bond motifs is 1. The quantitative estimate of drug-likeness (QED) is 0.910. The number of rotatable bonds is 4. The largest absolute Gasteiger partial charge is 0.493 e. The summed E-state index contributed by atoms with van der Waals surface area (Å²) in [5, 5.41) is 3.46. The summed E-state index contributed by atoms with van der Waals surface area (Å²) in [6.07, 6.45) is 2.13. The fraction of sp³-hybridized carbons (Fsp3) is 0.611. The van der Waals surface area contributed by atoms with E-state index in [9.17, 15) is 4.79 Å². The number of hydrogen-bond acceptors (Lipinski definition) is 5. The van der Waals surface area contributed by atoms with Crippen molar-refractivity contribution < 1.29 is 19.0 Å². The normalized spacial score (nSPS) is 23.4. The van der Waals surface area contributed by atoms with E-state index in [0.717, 1.165) is 39.0 Å². The molecule has 3 rings (SSSR count). The first-order valence-corrected chi connectivity index (χ1v) is 8.48. The molecule has 1 N–H and O–H groups in total. The Morgan fingerprint density at radius 2 is 1.54 bits per heavy atom. The average Bonchev–Trinajstić information content (AvgIpc) is 2.98. The number of benzene rings is 1. The first-order valence-electron chi connectivity index (χ1n) is 8.48. The highest BCUT2D eigenvalue weighted by Crippen LogP contribution is 2.38. The summed E-state index contributed by atoms with van der Waals surface area (Å²) in [5.74, 6) is 2.95. The predicted octanol–water partition coefficient (Wildman–Crippen LogP) is 1.78. The van der Waals surface area contributed by atoms with Gasteiger partial charge in [0.05, 0.1) is 21.3 Å². The zero-order valence-corrected chi connectivity index (χ0v) is 14.6. The van der Waals surface area contributed by atoms with Crippen molar-refractivity contribution in [2.75, 3.05) is 47.5 Å². The summed E-state index contributed by atoms with van der Waals surface area (Å²) in [6.45, 7) is 3.77. The standard InChI is InChI=1S/C18H26N2O4/c1-22-15-8-14(9-16(23-2)17(15)24-3)18(21)20-6-4-12-10-19-11-13(12)5-7-20/h8-9,12-13,19H,4-7,10-11H2,1-3H3/t12-,13+. The number of nitrogens with one attached hydrogen (secondary N) is 1. The van der Waals surface area contributed by atoms with Gasteiger partial charge in [0.2, 0.25) is 5.75 Å². The second kappa shape index (κ2) is 7.30. The smallest absolute Gasteiger partial charge is 0.254 e. The molecule has 0 radical (unpaired) electrons. The maximum atomic E-state index is 13.0. The van der Waals surface area contributed by atoms with E-state index in [1.54, 1.807) is 33.5 Å². The van der Waals surface area contributed by atoms with Crippen LogP contribution in [0.15, 0.2) is 12.1 Å². The molecule has 2 aliphatic rings. The molecular formula is C18H26N2O4. The molecule has 0 bridgehead atoms. The van der Waals surface area contributed by atoms with Crippen LogP contribution in [0.5, 0.6) is 17.2 Å². The van der Waals surface area contributed by atoms with Crippen molar-refractivity contribution in [3.05, 3.63) is 17.7 Å². The molecule has 6 nitrogen and oxygen atoms in total. The summed E-state index contributed by atoms with van der Waals surface area (Å²) in [6, 6.07) is 3.47. The molecule has 132 valence electrons. The van der Waals surface area contributed by atoms with Gasteiger partial charge >= 0.3 is 0 Å². The molecule has 0 spiro atoms. The maximum Gasteiger partial charge on any atom is 0.254 e. The van der Waals surface area contributed by atoms with Gasteiger partial charge in [-0.3, -0.25) is 4.79 Å². The summed E-state index contributed by atoms with van der Waals surface area (Å²) >= 11 is 0. The van der Waals surface area contributed by atoms with Gasteiger partial charge < -0.3 is 24.4 Å². The molecule has 0 unspecified atom stereocenters. The molecule has 1 aromatic carbocycles. The SMILES string of the molecule is COc1cc(C(=O)N2CC[C@@H]3CNC[C@@H]3CC2)cc(OC)c1OC. The Morgan fingerprint density at radius 1 is 1.00 bits per heavy atom. The predicted molar refractivity (Wildman–Crippen MR) is 91.1 cm³/mol. The van der Waals surface area contributed by atoms with Gasteiger partial charge in [0, 0.05) is 18.7 Å². The van der Waals surface area contributed by atoms with E-state index in [-0.39, 0.29) is 5.91 Å². The van der Waals surface area contributed by atoms with E-state index in [2.05, 4.69) is 5.32 Å². The van der Waals surface area contributed by atoms with Crippen molar-refractivity contribution in [3.63, 3.8) is 0 Å². The molecular weight excluding hydrogens is 308 g/mol. The lowest BCUT2D eigenvalue weighted by Gasteiger charge is -2.22. The molecule has 2 saturated heterocycles. The molecule has 0 saturated carbocycles. The lowest BCUT2D eigenvalue weighted by Crippen LogP contribution is -2.32. The molecule has 0 aromatic heterocycles. The Balaban J connectivity index is 1.81. The highest BCUT2D eigenvalue weighted by atomic mass is 16.5. The van der Waals surface area contributed by atoms with Crippen LogP contribution in [0.2, 0.25) is 0 Å². The van der Waals surface area contributed by atoms with Gasteiger partial charge in [-0.2, -0.15) is 0 Å². The van der Waals surface area contributed by atoms with E-state index in [1.807, 2.05) is 4.90 Å². The molecule has 6 heteroatoms. The molecule has 1 amide bonds. The first-order chi connectivity index (χ1) is 11.7. The van der Waals surface area contributed by atoms with E-state index < -0.39 is 0 Å². The van der Waals surface area contributed by atoms with Gasteiger partial charge in [0.25, 0.3) is 5.91 Å². The van der Waals surface area contributed by atoms with Crippen LogP contribution < -0.4 is 19.5 Å². The highest BCUT2D eigenvalue weighted by molar-refractivity contribution is 5.95. The van der Waals surface area contributed by atoms with Crippen LogP contribution in [0.1, 0.15) is 23.2 Å². The van der Waals surface area contributed by atoms with Crippen LogP contribution in [0.4, 0.5) is 0 Å². The summed E-state index contributed by atoms with van der Waals surface area (Å²) in [4.78, 5) is 14.9. The van der Waals surface area contributed by atoms with Gasteiger partial charge in [0.1, 0.15) is 0 Å². The highest BCUT2D eigenvalue weighted by Gasteiger charge is 2.32. The molecule has 2 aliphatic heterocycles. The minimum atomic E-state index is 0.0298. The lowest BCUT2D eigenvalue weighted by molar-refractivity contribution is 0.0757. The number of methoxy groups -OCH3 is 3. The second-order valence-corrected chi connectivity index (χ2v) is 6.46. The van der Waals surface area contributed by atoms with E-state index in [1.165, 1.54) is 0 Å². The monoisotopic (exact) mass is 334 g/mol. The number of nitrogens with zero attached hydrogens (tertiary/aromatic N) is 1. The van der Waals surface area contributed by atoms with Gasteiger partial charge in [-0.25, -0.2) is 0 Å². The zero-order chi connectivity index (χ0) is 17.1. The third-order valence-electron chi connectivity index (χ3n) is 5.22. The Kier molecular flexibility index (Phi) is 5.14. The molecule has 0 aliphatic carbocycles. The van der Waals surface area contributed by atoms with Crippen LogP contribution in [0.25, 0.3) is 0 Å². The fourth-order valence-corrected chi connectivity index (χ4v) is 3.81. The van der Waals surface area contributed by atoms with Crippen LogP contribution >= 0.6 is 0 Å². The maximum absolute atomic E-state index is 13.0. The van der Waals surface area contributed by atoms with Crippen molar-refractivity contribution in [2.45, 2.75) is 12.8 Å². The molecule has 2 fully saturated rings. The van der Waals surface area contributed by atoms with Crippen molar-refractivity contribution >= 4 is 5.91 Å². The van der Waals surface area contributed by atoms with E-state index >= 15 is 0 Å². The van der Waals surface area contributed by atoms with Gasteiger partial charge in [-0.05, 0) is 49.9 Å². The Hall–Kier alpha value is -1.95. The van der Waals surface area contributed by atoms with Crippen LogP contribution in [0, 0.1) is 11.8 Å².